The van der Waals surface area contributed by atoms with Gasteiger partial charge in [0.05, 0.1) is 34.8 Å². The van der Waals surface area contributed by atoms with Gasteiger partial charge in [-0.05, 0) is 49.5 Å². The molecule has 1 saturated heterocycles. The number of halogens is 1. The van der Waals surface area contributed by atoms with E-state index < -0.39 is 5.60 Å². The number of aromatic nitrogens is 2. The number of anilines is 1. The maximum atomic E-state index is 15.4. The molecule has 3 atom stereocenters. The van der Waals surface area contributed by atoms with Crippen LogP contribution in [0.2, 0.25) is 0 Å². The Morgan fingerprint density at radius 3 is 2.77 bits per heavy atom. The van der Waals surface area contributed by atoms with Gasteiger partial charge in [0.15, 0.2) is 0 Å². The van der Waals surface area contributed by atoms with E-state index in [1.165, 1.54) is 17.8 Å². The van der Waals surface area contributed by atoms with Gasteiger partial charge in [0.25, 0.3) is 0 Å². The van der Waals surface area contributed by atoms with Gasteiger partial charge in [0, 0.05) is 52.9 Å². The van der Waals surface area contributed by atoms with Crippen LogP contribution in [0, 0.1) is 17.2 Å². The Morgan fingerprint density at radius 1 is 1.43 bits per heavy atom. The second-order valence-corrected chi connectivity index (χ2v) is 12.5. The third-order valence-electron chi connectivity index (χ3n) is 8.34. The Kier molecular flexibility index (Phi) is 7.84. The van der Waals surface area contributed by atoms with Gasteiger partial charge in [-0.1, -0.05) is 25.5 Å². The van der Waals surface area contributed by atoms with Gasteiger partial charge in [-0.15, -0.1) is 21.0 Å². The van der Waals surface area contributed by atoms with Crippen molar-refractivity contribution in [1.82, 2.24) is 9.97 Å². The van der Waals surface area contributed by atoms with E-state index in [1.807, 2.05) is 31.9 Å². The molecule has 3 unspecified atom stereocenters. The number of allylic oxidation sites excluding steroid dienone is 6. The molecule has 2 aromatic rings. The smallest absolute Gasteiger partial charge is 0.226 e. The van der Waals surface area contributed by atoms with Crippen molar-refractivity contribution < 1.29 is 14.2 Å². The number of nitrogens with two attached hydrogens (primary N) is 1. The van der Waals surface area contributed by atoms with Gasteiger partial charge in [-0.3, -0.25) is 0 Å². The molecule has 0 aliphatic carbocycles. The number of hydrogen-bond acceptors (Lipinski definition) is 8. The number of nitrogens with zero attached hydrogens (tertiary/aromatic N) is 4. The summed E-state index contributed by atoms with van der Waals surface area (Å²) in [5.41, 5.74) is 12.3. The number of nitriles is 1. The van der Waals surface area contributed by atoms with E-state index in [2.05, 4.69) is 22.2 Å². The maximum absolute atomic E-state index is 15.4. The lowest BCUT2D eigenvalue weighted by molar-refractivity contribution is 0.0443. The minimum Gasteiger partial charge on any atom is -0.400 e. The number of rotatable bonds is 5. The lowest BCUT2D eigenvalue weighted by Crippen LogP contribution is -2.33. The second kappa shape index (κ2) is 10.9. The molecule has 0 radical (unpaired) electrons. The van der Waals surface area contributed by atoms with Crippen LogP contribution in [-0.4, -0.2) is 39.5 Å². The van der Waals surface area contributed by atoms with Gasteiger partial charge in [0.1, 0.15) is 11.9 Å². The molecular formula is C30H35FN5O2PS. The van der Waals surface area contributed by atoms with Gasteiger partial charge in [-0.25, -0.2) is 14.4 Å². The molecule has 0 saturated carbocycles. The monoisotopic (exact) mass is 579 g/mol. The van der Waals surface area contributed by atoms with E-state index in [0.717, 1.165) is 44.0 Å². The summed E-state index contributed by atoms with van der Waals surface area (Å²) in [7, 11) is 2.86. The zero-order valence-corrected chi connectivity index (χ0v) is 25.5. The summed E-state index contributed by atoms with van der Waals surface area (Å²) < 4.78 is 21.4. The van der Waals surface area contributed by atoms with Crippen LogP contribution in [0.3, 0.4) is 0 Å². The van der Waals surface area contributed by atoms with E-state index in [0.29, 0.717) is 66.2 Å². The van der Waals surface area contributed by atoms with Crippen molar-refractivity contribution in [2.24, 2.45) is 11.7 Å². The molecule has 40 heavy (non-hydrogen) atoms. The van der Waals surface area contributed by atoms with Crippen LogP contribution in [0.1, 0.15) is 57.7 Å². The van der Waals surface area contributed by atoms with E-state index in [1.54, 1.807) is 6.92 Å². The summed E-state index contributed by atoms with van der Waals surface area (Å²) in [6.07, 6.45) is 3.97. The highest BCUT2D eigenvalue weighted by Crippen LogP contribution is 2.47. The summed E-state index contributed by atoms with van der Waals surface area (Å²) in [5.74, 6) is 0.604. The Morgan fingerprint density at radius 2 is 2.15 bits per heavy atom. The summed E-state index contributed by atoms with van der Waals surface area (Å²) in [6.45, 7) is 11.5. The Labute approximate surface area is 241 Å². The predicted octanol–water partition coefficient (Wildman–Crippen LogP) is 5.16. The molecule has 1 aromatic carbocycles. The van der Waals surface area contributed by atoms with Gasteiger partial charge >= 0.3 is 0 Å². The molecule has 0 spiro atoms. The number of hydrogen-bond donors (Lipinski definition) is 2. The molecule has 1 fully saturated rings. The van der Waals surface area contributed by atoms with E-state index >= 15 is 4.39 Å². The van der Waals surface area contributed by atoms with Crippen molar-refractivity contribution in [3.63, 3.8) is 0 Å². The third kappa shape index (κ3) is 4.65. The van der Waals surface area contributed by atoms with E-state index in [9.17, 15) is 10.4 Å². The summed E-state index contributed by atoms with van der Waals surface area (Å²) in [5, 5.41) is 22.8. The first-order valence-electron chi connectivity index (χ1n) is 13.5. The highest BCUT2D eigenvalue weighted by molar-refractivity contribution is 8.03. The number of aliphatic hydroxyl groups is 1. The van der Waals surface area contributed by atoms with Crippen molar-refractivity contribution in [3.05, 3.63) is 62.1 Å². The summed E-state index contributed by atoms with van der Waals surface area (Å²) >= 11 is 1.32. The number of fused-ring (bicyclic) bond motifs is 3. The SMILES string of the molecule is C/C=C(/F)C1=C(/C(=C(\C)CC)c2c3c(c4cnc(N5CC(C)C(C)(O)C5)nc4c2P)COC3)C(C#N)=C(N)CS1. The highest BCUT2D eigenvalue weighted by Gasteiger charge is 2.40. The molecule has 0 amide bonds. The predicted molar refractivity (Wildman–Crippen MR) is 163 cm³/mol. The minimum absolute atomic E-state index is 0.0744. The van der Waals surface area contributed by atoms with Crippen LogP contribution in [-0.2, 0) is 18.0 Å². The topological polar surface area (TPSA) is 108 Å². The zero-order valence-electron chi connectivity index (χ0n) is 23.6. The number of thioether (sulfide) groups is 1. The van der Waals surface area contributed by atoms with Gasteiger partial charge in [-0.2, -0.15) is 5.26 Å². The van der Waals surface area contributed by atoms with Crippen molar-refractivity contribution >= 4 is 48.7 Å². The molecule has 3 aliphatic rings. The summed E-state index contributed by atoms with van der Waals surface area (Å²) in [6, 6.07) is 2.29. The molecular weight excluding hydrogens is 544 g/mol. The van der Waals surface area contributed by atoms with Crippen LogP contribution in [0.4, 0.5) is 10.3 Å². The van der Waals surface area contributed by atoms with Crippen molar-refractivity contribution in [3.8, 4) is 6.07 Å². The number of benzene rings is 1. The quantitative estimate of drug-likeness (QED) is 0.468. The Hall–Kier alpha value is -2.76. The number of β-amino-alcohol motifs (C(OH)–C–C–N with tert-alkyl or cyclic N) is 1. The van der Waals surface area contributed by atoms with E-state index in [-0.39, 0.29) is 11.7 Å². The van der Waals surface area contributed by atoms with Gasteiger partial charge in [0.2, 0.25) is 5.95 Å². The fraction of sp³-hybridized carbons (Fsp3) is 0.433. The van der Waals surface area contributed by atoms with Crippen LogP contribution in [0.15, 0.2) is 45.4 Å². The molecule has 1 aromatic heterocycles. The Bertz CT molecular complexity index is 1590. The van der Waals surface area contributed by atoms with Crippen molar-refractivity contribution in [2.45, 2.75) is 59.9 Å². The highest BCUT2D eigenvalue weighted by atomic mass is 32.2. The van der Waals surface area contributed by atoms with Crippen LogP contribution in [0.25, 0.3) is 16.5 Å². The largest absolute Gasteiger partial charge is 0.400 e. The molecule has 7 nitrogen and oxygen atoms in total. The average Bonchev–Trinajstić information content (AvgIpc) is 3.53. The normalized spacial score (nSPS) is 24.1. The molecule has 3 N–H and O–H groups in total. The molecule has 10 heteroatoms. The third-order valence-corrected chi connectivity index (χ3v) is 10.0. The van der Waals surface area contributed by atoms with Crippen LogP contribution >= 0.6 is 21.0 Å². The van der Waals surface area contributed by atoms with Gasteiger partial charge < -0.3 is 20.5 Å². The fourth-order valence-corrected chi connectivity index (χ4v) is 7.27. The minimum atomic E-state index is -0.828. The van der Waals surface area contributed by atoms with Crippen LogP contribution < -0.4 is 15.9 Å². The molecule has 3 aliphatic heterocycles. The number of ether oxygens (including phenoxy) is 1. The second-order valence-electron chi connectivity index (χ2n) is 11.0. The lowest BCUT2D eigenvalue weighted by Gasteiger charge is -2.27. The average molecular weight is 580 g/mol. The molecule has 5 rings (SSSR count). The first kappa shape index (κ1) is 28.8. The molecule has 210 valence electrons. The van der Waals surface area contributed by atoms with Crippen LogP contribution in [0.5, 0.6) is 0 Å². The first-order valence-corrected chi connectivity index (χ1v) is 15.0. The Balaban J connectivity index is 1.82. The van der Waals surface area contributed by atoms with E-state index in [4.69, 9.17) is 20.4 Å². The fourth-order valence-electron chi connectivity index (χ4n) is 5.68. The molecule has 4 heterocycles. The van der Waals surface area contributed by atoms with Crippen molar-refractivity contribution in [1.29, 1.82) is 5.26 Å². The van der Waals surface area contributed by atoms with Crippen molar-refractivity contribution in [2.75, 3.05) is 23.7 Å². The molecule has 0 bridgehead atoms. The lowest BCUT2D eigenvalue weighted by atomic mass is 9.83. The zero-order chi connectivity index (χ0) is 28.9. The first-order chi connectivity index (χ1) is 19.0. The maximum Gasteiger partial charge on any atom is 0.226 e. The standard InChI is InChI=1S/C30H35FN5O2PS/c1-6-15(3)23(25-17(8-32)22(33)13-40-28(25)21(31)7-2)24-20-12-38-11-19(20)18-9-34-29(35-26(18)27(24)39)36-10-16(4)30(5,37)14-36/h7,9,16,37H,6,10-14,33,39H2,1-5H3/b21-7+,23-15+. The summed E-state index contributed by atoms with van der Waals surface area (Å²) in [4.78, 5) is 12.2.